The van der Waals surface area contributed by atoms with Crippen LogP contribution in [0, 0.1) is 30.3 Å². The van der Waals surface area contributed by atoms with Gasteiger partial charge in [-0.3, -0.25) is 30.3 Å². The van der Waals surface area contributed by atoms with Crippen LogP contribution in [0.15, 0.2) is 12.1 Å². The first-order valence-electron chi connectivity index (χ1n) is 3.64. The van der Waals surface area contributed by atoms with Crippen LogP contribution in [0.4, 0.5) is 17.1 Å². The number of phenols is 1. The van der Waals surface area contributed by atoms with Crippen molar-refractivity contribution in [1.29, 1.82) is 0 Å². The van der Waals surface area contributed by atoms with Crippen molar-refractivity contribution >= 4 is 46.6 Å². The summed E-state index contributed by atoms with van der Waals surface area (Å²) in [6.45, 7) is 0. The maximum absolute atomic E-state index is 10.4. The second-order valence-electron chi connectivity index (χ2n) is 2.60. The van der Waals surface area contributed by atoms with Crippen LogP contribution in [0.5, 0.6) is 5.75 Å². The molecule has 1 aromatic carbocycles. The van der Waals surface area contributed by atoms with Crippen molar-refractivity contribution in [3.05, 3.63) is 42.5 Å². The van der Waals surface area contributed by atoms with Gasteiger partial charge in [0, 0.05) is 29.6 Å². The fourth-order valence-corrected chi connectivity index (χ4v) is 0.974. The average Bonchev–Trinajstić information content (AvgIpc) is 2.16. The minimum atomic E-state index is -1.21. The van der Waals surface area contributed by atoms with Crippen LogP contribution < -0.4 is 0 Å². The van der Waals surface area contributed by atoms with E-state index in [2.05, 4.69) is 0 Å². The molecule has 0 saturated carbocycles. The molecule has 1 aromatic rings. The number of nitrogens with zero attached hydrogens (tertiary/aromatic N) is 3. The molecule has 0 saturated heterocycles. The third kappa shape index (κ3) is 3.59. The molecule has 0 aliphatic rings. The zero-order chi connectivity index (χ0) is 12.5. The predicted octanol–water partition coefficient (Wildman–Crippen LogP) is -0.0887. The Morgan fingerprint density at radius 1 is 0.889 bits per heavy atom. The molecule has 0 atom stereocenters. The first-order valence-corrected chi connectivity index (χ1v) is 3.64. The molecule has 0 fully saturated rings. The largest absolute Gasteiger partial charge is 0.497 e. The summed E-state index contributed by atoms with van der Waals surface area (Å²) in [7, 11) is 0. The van der Waals surface area contributed by atoms with Gasteiger partial charge >= 0.3 is 11.4 Å². The second-order valence-corrected chi connectivity index (χ2v) is 2.60. The molecule has 0 aliphatic carbocycles. The maximum atomic E-state index is 10.4. The number of hydrogen-bond acceptors (Lipinski definition) is 7. The van der Waals surface area contributed by atoms with E-state index in [-0.39, 0.29) is 35.0 Å². The Kier molecular flexibility index (Phi) is 7.01. The van der Waals surface area contributed by atoms with Crippen molar-refractivity contribution in [2.24, 2.45) is 0 Å². The molecule has 0 aliphatic heterocycles. The topological polar surface area (TPSA) is 181 Å². The third-order valence-corrected chi connectivity index (χ3v) is 1.66. The van der Waals surface area contributed by atoms with Gasteiger partial charge in [0.15, 0.2) is 0 Å². The van der Waals surface area contributed by atoms with E-state index >= 15 is 0 Å². The van der Waals surface area contributed by atoms with Crippen molar-refractivity contribution in [2.45, 2.75) is 0 Å². The number of aromatic hydroxyl groups is 1. The van der Waals surface area contributed by atoms with Gasteiger partial charge in [-0.25, -0.2) is 0 Å². The smallest absolute Gasteiger partial charge is 0.324 e. The Balaban J connectivity index is 0. The number of benzene rings is 1. The molecular formula is C6H5N3NaO8. The van der Waals surface area contributed by atoms with Gasteiger partial charge < -0.3 is 10.6 Å². The molecule has 0 unspecified atom stereocenters. The van der Waals surface area contributed by atoms with E-state index in [4.69, 9.17) is 5.11 Å². The summed E-state index contributed by atoms with van der Waals surface area (Å²) in [5.74, 6) is -1.21. The number of nitro groups is 3. The molecule has 1 rings (SSSR count). The van der Waals surface area contributed by atoms with Crippen molar-refractivity contribution < 1.29 is 25.4 Å². The van der Waals surface area contributed by atoms with Crippen LogP contribution in [0.25, 0.3) is 0 Å². The van der Waals surface area contributed by atoms with Crippen molar-refractivity contribution in [3.8, 4) is 5.75 Å². The van der Waals surface area contributed by atoms with Gasteiger partial charge in [-0.05, 0) is 0 Å². The summed E-state index contributed by atoms with van der Waals surface area (Å²) in [5, 5.41) is 40.2. The molecule has 11 nitrogen and oxygen atoms in total. The SMILES string of the molecule is O.O=[N+]([O-])c1cc([N+](=O)[O-])c(O)c([N+](=O)[O-])c1.[Na]. The normalized spacial score (nSPS) is 8.67. The maximum Gasteiger partial charge on any atom is 0.324 e. The van der Waals surface area contributed by atoms with Gasteiger partial charge in [0.25, 0.3) is 11.4 Å². The average molecular weight is 270 g/mol. The summed E-state index contributed by atoms with van der Waals surface area (Å²) < 4.78 is 0. The number of hydrogen-bond donors (Lipinski definition) is 1. The summed E-state index contributed by atoms with van der Waals surface area (Å²) in [4.78, 5) is 27.8. The number of phenolic OH excluding ortho intramolecular Hbond substituents is 1. The second kappa shape index (κ2) is 6.80. The van der Waals surface area contributed by atoms with Gasteiger partial charge in [0.2, 0.25) is 0 Å². The van der Waals surface area contributed by atoms with E-state index in [0.717, 1.165) is 0 Å². The monoisotopic (exact) mass is 270 g/mol. The zero-order valence-electron chi connectivity index (χ0n) is 8.89. The van der Waals surface area contributed by atoms with Crippen molar-refractivity contribution in [2.75, 3.05) is 0 Å². The fourth-order valence-electron chi connectivity index (χ4n) is 0.974. The minimum Gasteiger partial charge on any atom is -0.497 e. The van der Waals surface area contributed by atoms with Gasteiger partial charge in [-0.15, -0.1) is 0 Å². The van der Waals surface area contributed by atoms with Crippen LogP contribution in [0.3, 0.4) is 0 Å². The summed E-state index contributed by atoms with van der Waals surface area (Å²) >= 11 is 0. The van der Waals surface area contributed by atoms with Crippen molar-refractivity contribution in [3.63, 3.8) is 0 Å². The first-order chi connectivity index (χ1) is 7.34. The summed E-state index contributed by atoms with van der Waals surface area (Å²) in [6, 6.07) is 0.894. The molecule has 1 radical (unpaired) electrons. The van der Waals surface area contributed by atoms with Gasteiger partial charge in [0.1, 0.15) is 0 Å². The molecule has 0 heterocycles. The Bertz CT molecular complexity index is 469. The fraction of sp³-hybridized carbons (Fsp3) is 0. The standard InChI is InChI=1S/C6H3N3O7.Na.H2O/c10-6-4(8(13)14)1-3(7(11)12)2-5(6)9(15)16;;/h1-2,10H;;1H2. The van der Waals surface area contributed by atoms with Crippen LogP contribution >= 0.6 is 0 Å². The minimum absolute atomic E-state index is 0. The molecule has 3 N–H and O–H groups in total. The Morgan fingerprint density at radius 3 is 1.44 bits per heavy atom. The Morgan fingerprint density at radius 2 is 1.22 bits per heavy atom. The van der Waals surface area contributed by atoms with Crippen LogP contribution in [0.1, 0.15) is 0 Å². The molecule has 0 spiro atoms. The van der Waals surface area contributed by atoms with Gasteiger partial charge in [-0.2, -0.15) is 0 Å². The molecule has 18 heavy (non-hydrogen) atoms. The number of non-ortho nitro benzene ring substituents is 1. The summed E-state index contributed by atoms with van der Waals surface area (Å²) in [6.07, 6.45) is 0. The van der Waals surface area contributed by atoms with Crippen molar-refractivity contribution in [1.82, 2.24) is 0 Å². The van der Waals surface area contributed by atoms with Gasteiger partial charge in [0.05, 0.1) is 26.9 Å². The van der Waals surface area contributed by atoms with E-state index in [1.807, 2.05) is 0 Å². The van der Waals surface area contributed by atoms with Crippen LogP contribution in [-0.4, -0.2) is 54.9 Å². The van der Waals surface area contributed by atoms with Crippen LogP contribution in [0.2, 0.25) is 0 Å². The molecule has 0 bridgehead atoms. The van der Waals surface area contributed by atoms with E-state index in [1.54, 1.807) is 0 Å². The van der Waals surface area contributed by atoms with E-state index in [0.29, 0.717) is 12.1 Å². The van der Waals surface area contributed by atoms with E-state index < -0.39 is 37.6 Å². The molecule has 0 aromatic heterocycles. The molecule has 12 heteroatoms. The first kappa shape index (κ1) is 18.5. The zero-order valence-corrected chi connectivity index (χ0v) is 10.9. The van der Waals surface area contributed by atoms with Gasteiger partial charge in [-0.1, -0.05) is 0 Å². The number of nitro benzene ring substituents is 3. The summed E-state index contributed by atoms with van der Waals surface area (Å²) in [5.41, 5.74) is -3.00. The van der Waals surface area contributed by atoms with E-state index in [1.165, 1.54) is 0 Å². The van der Waals surface area contributed by atoms with E-state index in [9.17, 15) is 30.3 Å². The van der Waals surface area contributed by atoms with Crippen LogP contribution in [-0.2, 0) is 0 Å². The third-order valence-electron chi connectivity index (χ3n) is 1.66. The molecule has 93 valence electrons. The predicted molar refractivity (Wildman–Crippen MR) is 57.4 cm³/mol. The Labute approximate surface area is 120 Å². The molecule has 0 amide bonds. The number of rotatable bonds is 3. The Hall–Kier alpha value is -1.82. The quantitative estimate of drug-likeness (QED) is 0.452. The molecular weight excluding hydrogens is 265 g/mol.